The first-order valence-electron chi connectivity index (χ1n) is 5.65. The molecular formula is C12H18BrNO. The van der Waals surface area contributed by atoms with Gasteiger partial charge in [-0.1, -0.05) is 34.5 Å². The van der Waals surface area contributed by atoms with Gasteiger partial charge in [0.1, 0.15) is 5.01 Å². The fourth-order valence-corrected chi connectivity index (χ4v) is 2.40. The summed E-state index contributed by atoms with van der Waals surface area (Å²) in [6.07, 6.45) is 5.91. The Balaban J connectivity index is 2.20. The number of rotatable bonds is 2. The number of hydrogen-bond acceptors (Lipinski definition) is 2. The summed E-state index contributed by atoms with van der Waals surface area (Å²) in [5, 5.41) is 9.09. The average molecular weight is 272 g/mol. The summed E-state index contributed by atoms with van der Waals surface area (Å²) < 4.78 is 0. The van der Waals surface area contributed by atoms with Crippen molar-refractivity contribution in [1.29, 1.82) is 0 Å². The van der Waals surface area contributed by atoms with E-state index in [0.717, 1.165) is 18.1 Å². The number of allylic oxidation sites excluding steroid dienone is 1. The van der Waals surface area contributed by atoms with Crippen molar-refractivity contribution >= 4 is 21.6 Å². The third-order valence-electron chi connectivity index (χ3n) is 3.36. The van der Waals surface area contributed by atoms with E-state index >= 15 is 0 Å². The maximum absolute atomic E-state index is 9.61. The molecule has 0 amide bonds. The molecule has 0 spiro atoms. The second-order valence-electron chi connectivity index (χ2n) is 4.72. The Labute approximate surface area is 99.6 Å². The lowest BCUT2D eigenvalue weighted by Gasteiger charge is -2.15. The molecule has 3 heteroatoms. The topological polar surface area (TPSA) is 32.6 Å². The van der Waals surface area contributed by atoms with Gasteiger partial charge in [-0.3, -0.25) is 4.99 Å². The number of aliphatic imine (C=N–C) groups is 1. The summed E-state index contributed by atoms with van der Waals surface area (Å²) in [6.45, 7) is 4.24. The Kier molecular flexibility index (Phi) is 3.31. The van der Waals surface area contributed by atoms with E-state index in [-0.39, 0.29) is 6.04 Å². The third-order valence-corrected chi connectivity index (χ3v) is 3.97. The molecule has 3 atom stereocenters. The molecule has 1 aliphatic carbocycles. The first kappa shape index (κ1) is 11.3. The van der Waals surface area contributed by atoms with Crippen molar-refractivity contribution in [3.05, 3.63) is 11.6 Å². The lowest BCUT2D eigenvalue weighted by Crippen LogP contribution is -2.19. The number of aliphatic hydroxyl groups is 1. The van der Waals surface area contributed by atoms with E-state index in [0.29, 0.717) is 5.92 Å². The number of aliphatic hydroxyl groups excluding tert-OH is 1. The molecular weight excluding hydrogens is 254 g/mol. The van der Waals surface area contributed by atoms with Gasteiger partial charge in [-0.05, 0) is 32.1 Å². The molecule has 0 radical (unpaired) electrons. The van der Waals surface area contributed by atoms with Gasteiger partial charge < -0.3 is 5.11 Å². The summed E-state index contributed by atoms with van der Waals surface area (Å²) in [7, 11) is 0. The lowest BCUT2D eigenvalue weighted by atomic mass is 9.98. The zero-order valence-corrected chi connectivity index (χ0v) is 10.9. The molecule has 1 aliphatic heterocycles. The first-order chi connectivity index (χ1) is 7.08. The molecule has 2 aliphatic rings. The fourth-order valence-electron chi connectivity index (χ4n) is 2.09. The standard InChI is InChI=1S/C12H18BrNO/c1-7-5-10(9-3-4-9)6-11(12(13)15)14-8(7)2/h5,7,9,11-12,15H,3-4,6H2,1-2H3. The smallest absolute Gasteiger partial charge is 0.131 e. The van der Waals surface area contributed by atoms with E-state index in [1.54, 1.807) is 0 Å². The molecule has 1 N–H and O–H groups in total. The van der Waals surface area contributed by atoms with Crippen molar-refractivity contribution in [2.75, 3.05) is 0 Å². The summed E-state index contributed by atoms with van der Waals surface area (Å²) in [4.78, 5) is 4.58. The maximum Gasteiger partial charge on any atom is 0.131 e. The van der Waals surface area contributed by atoms with Gasteiger partial charge in [0, 0.05) is 11.6 Å². The number of nitrogens with zero attached hydrogens (tertiary/aromatic N) is 1. The van der Waals surface area contributed by atoms with Gasteiger partial charge in [0.15, 0.2) is 0 Å². The zero-order valence-electron chi connectivity index (χ0n) is 9.28. The van der Waals surface area contributed by atoms with Crippen LogP contribution >= 0.6 is 15.9 Å². The Hall–Kier alpha value is -0.150. The Morgan fingerprint density at radius 1 is 1.53 bits per heavy atom. The van der Waals surface area contributed by atoms with Crippen LogP contribution in [0.4, 0.5) is 0 Å². The van der Waals surface area contributed by atoms with Crippen LogP contribution in [0.1, 0.15) is 33.1 Å². The molecule has 1 saturated carbocycles. The molecule has 1 heterocycles. The summed E-state index contributed by atoms with van der Waals surface area (Å²) in [5.74, 6) is 1.21. The monoisotopic (exact) mass is 271 g/mol. The maximum atomic E-state index is 9.61. The Morgan fingerprint density at radius 2 is 2.20 bits per heavy atom. The van der Waals surface area contributed by atoms with E-state index in [9.17, 15) is 5.11 Å². The minimum atomic E-state index is -0.514. The predicted molar refractivity (Wildman–Crippen MR) is 66.4 cm³/mol. The molecule has 2 rings (SSSR count). The van der Waals surface area contributed by atoms with Crippen LogP contribution in [0.5, 0.6) is 0 Å². The van der Waals surface area contributed by atoms with Gasteiger partial charge in [-0.2, -0.15) is 0 Å². The largest absolute Gasteiger partial charge is 0.380 e. The van der Waals surface area contributed by atoms with Crippen LogP contribution in [-0.2, 0) is 0 Å². The highest BCUT2D eigenvalue weighted by Crippen LogP contribution is 2.41. The van der Waals surface area contributed by atoms with Gasteiger partial charge in [0.25, 0.3) is 0 Å². The van der Waals surface area contributed by atoms with Crippen LogP contribution in [0.3, 0.4) is 0 Å². The SMILES string of the molecule is CC1=NC(C(O)Br)CC(C2CC2)=CC1C. The molecule has 0 aromatic carbocycles. The molecule has 2 nitrogen and oxygen atoms in total. The number of alkyl halides is 1. The number of hydrogen-bond donors (Lipinski definition) is 1. The molecule has 3 unspecified atom stereocenters. The van der Waals surface area contributed by atoms with Crippen LogP contribution in [-0.4, -0.2) is 21.9 Å². The quantitative estimate of drug-likeness (QED) is 0.608. The first-order valence-corrected chi connectivity index (χ1v) is 6.56. The van der Waals surface area contributed by atoms with Gasteiger partial charge >= 0.3 is 0 Å². The van der Waals surface area contributed by atoms with Crippen LogP contribution in [0.25, 0.3) is 0 Å². The molecule has 0 bridgehead atoms. The summed E-state index contributed by atoms with van der Waals surface area (Å²) in [6, 6.07) is 0.00167. The highest BCUT2D eigenvalue weighted by atomic mass is 79.9. The second kappa shape index (κ2) is 4.38. The second-order valence-corrected chi connectivity index (χ2v) is 5.66. The van der Waals surface area contributed by atoms with Crippen molar-refractivity contribution in [2.24, 2.45) is 16.8 Å². The van der Waals surface area contributed by atoms with E-state index in [1.807, 2.05) is 0 Å². The molecule has 84 valence electrons. The van der Waals surface area contributed by atoms with Crippen molar-refractivity contribution in [3.8, 4) is 0 Å². The Morgan fingerprint density at radius 3 is 2.73 bits per heavy atom. The van der Waals surface area contributed by atoms with Crippen LogP contribution in [0.15, 0.2) is 16.6 Å². The molecule has 0 saturated heterocycles. The normalized spacial score (nSPS) is 34.1. The highest BCUT2D eigenvalue weighted by Gasteiger charge is 2.31. The Bertz CT molecular complexity index is 305. The molecule has 0 aromatic heterocycles. The molecule has 15 heavy (non-hydrogen) atoms. The van der Waals surface area contributed by atoms with Crippen molar-refractivity contribution in [3.63, 3.8) is 0 Å². The van der Waals surface area contributed by atoms with Crippen molar-refractivity contribution in [1.82, 2.24) is 0 Å². The van der Waals surface area contributed by atoms with Crippen LogP contribution in [0.2, 0.25) is 0 Å². The van der Waals surface area contributed by atoms with Gasteiger partial charge in [0.2, 0.25) is 0 Å². The van der Waals surface area contributed by atoms with Crippen molar-refractivity contribution < 1.29 is 5.11 Å². The third kappa shape index (κ3) is 2.70. The zero-order chi connectivity index (χ0) is 11.0. The number of halogens is 1. The van der Waals surface area contributed by atoms with Crippen LogP contribution < -0.4 is 0 Å². The lowest BCUT2D eigenvalue weighted by molar-refractivity contribution is 0.237. The highest BCUT2D eigenvalue weighted by molar-refractivity contribution is 9.09. The summed E-state index contributed by atoms with van der Waals surface area (Å²) in [5.41, 5.74) is 2.64. The van der Waals surface area contributed by atoms with E-state index in [2.05, 4.69) is 40.8 Å². The average Bonchev–Trinajstić information content (AvgIpc) is 2.95. The van der Waals surface area contributed by atoms with Gasteiger partial charge in [-0.15, -0.1) is 0 Å². The van der Waals surface area contributed by atoms with Crippen LogP contribution in [0, 0.1) is 11.8 Å². The fraction of sp³-hybridized carbons (Fsp3) is 0.750. The van der Waals surface area contributed by atoms with Gasteiger partial charge in [0.05, 0.1) is 6.04 Å². The van der Waals surface area contributed by atoms with Gasteiger partial charge in [-0.25, -0.2) is 0 Å². The minimum absolute atomic E-state index is 0.00167. The van der Waals surface area contributed by atoms with E-state index in [1.165, 1.54) is 18.4 Å². The summed E-state index contributed by atoms with van der Waals surface area (Å²) >= 11 is 3.24. The minimum Gasteiger partial charge on any atom is -0.380 e. The van der Waals surface area contributed by atoms with Crippen molar-refractivity contribution in [2.45, 2.75) is 44.2 Å². The van der Waals surface area contributed by atoms with E-state index in [4.69, 9.17) is 0 Å². The predicted octanol–water partition coefficient (Wildman–Crippen LogP) is 2.91. The van der Waals surface area contributed by atoms with E-state index < -0.39 is 5.01 Å². The molecule has 0 aromatic rings. The molecule has 1 fully saturated rings.